The van der Waals surface area contributed by atoms with E-state index in [-0.39, 0.29) is 5.69 Å². The van der Waals surface area contributed by atoms with Gasteiger partial charge >= 0.3 is 0 Å². The zero-order valence-electron chi connectivity index (χ0n) is 11.7. The smallest absolute Gasteiger partial charge is 0.269 e. The van der Waals surface area contributed by atoms with Crippen LogP contribution in [0, 0.1) is 10.1 Å². The highest BCUT2D eigenvalue weighted by molar-refractivity contribution is 9.10. The third kappa shape index (κ3) is 3.70. The van der Waals surface area contributed by atoms with Crippen molar-refractivity contribution in [3.8, 4) is 11.5 Å². The van der Waals surface area contributed by atoms with E-state index in [1.807, 2.05) is 24.3 Å². The van der Waals surface area contributed by atoms with Gasteiger partial charge in [-0.05, 0) is 48.0 Å². The minimum Gasteiger partial charge on any atom is -0.417 e. The lowest BCUT2D eigenvalue weighted by Gasteiger charge is -1.94. The van der Waals surface area contributed by atoms with Gasteiger partial charge in [0, 0.05) is 28.2 Å². The monoisotopic (exact) mass is 371 g/mol. The van der Waals surface area contributed by atoms with Gasteiger partial charge < -0.3 is 4.42 Å². The van der Waals surface area contributed by atoms with Crippen LogP contribution in [0.2, 0.25) is 0 Å². The van der Waals surface area contributed by atoms with Crippen LogP contribution in [0.4, 0.5) is 5.69 Å². The Bertz CT molecular complexity index is 855. The zero-order chi connectivity index (χ0) is 16.2. The van der Waals surface area contributed by atoms with Crippen LogP contribution in [0.15, 0.2) is 57.4 Å². The zero-order valence-corrected chi connectivity index (χ0v) is 13.3. The van der Waals surface area contributed by atoms with Gasteiger partial charge in [0.05, 0.1) is 4.92 Å². The highest BCUT2D eigenvalue weighted by atomic mass is 79.9. The van der Waals surface area contributed by atoms with Crippen LogP contribution in [-0.4, -0.2) is 15.1 Å². The molecule has 0 N–H and O–H groups in total. The van der Waals surface area contributed by atoms with Crippen molar-refractivity contribution in [3.05, 3.63) is 74.6 Å². The van der Waals surface area contributed by atoms with E-state index in [9.17, 15) is 10.1 Å². The molecule has 23 heavy (non-hydrogen) atoms. The largest absolute Gasteiger partial charge is 0.417 e. The predicted octanol–water partition coefficient (Wildman–Crippen LogP) is 4.58. The molecule has 1 heterocycles. The van der Waals surface area contributed by atoms with E-state index in [4.69, 9.17) is 4.42 Å². The van der Waals surface area contributed by atoms with E-state index < -0.39 is 4.92 Å². The van der Waals surface area contributed by atoms with E-state index in [1.165, 1.54) is 12.1 Å². The Morgan fingerprint density at radius 1 is 1.00 bits per heavy atom. The summed E-state index contributed by atoms with van der Waals surface area (Å²) in [6.45, 7) is 0. The number of benzene rings is 2. The van der Waals surface area contributed by atoms with E-state index >= 15 is 0 Å². The fraction of sp³-hybridized carbons (Fsp3) is 0. The molecule has 0 radical (unpaired) electrons. The molecule has 7 heteroatoms. The van der Waals surface area contributed by atoms with Gasteiger partial charge in [-0.3, -0.25) is 10.1 Å². The minimum atomic E-state index is -0.435. The Hall–Kier alpha value is -2.80. The number of hydrogen-bond acceptors (Lipinski definition) is 5. The standard InChI is InChI=1S/C16H10BrN3O3/c17-13-6-4-12(5-7-13)16-19-18-15(23-16)10-3-11-1-8-14(9-2-11)20(21)22/h1-10H/b10-3+. The van der Waals surface area contributed by atoms with Crippen molar-refractivity contribution in [2.75, 3.05) is 0 Å². The van der Waals surface area contributed by atoms with E-state index in [0.717, 1.165) is 15.6 Å². The van der Waals surface area contributed by atoms with Crippen LogP contribution in [-0.2, 0) is 0 Å². The molecule has 3 rings (SSSR count). The summed E-state index contributed by atoms with van der Waals surface area (Å²) in [6, 6.07) is 13.7. The summed E-state index contributed by atoms with van der Waals surface area (Å²) in [7, 11) is 0. The van der Waals surface area contributed by atoms with Crippen molar-refractivity contribution in [3.63, 3.8) is 0 Å². The summed E-state index contributed by atoms with van der Waals surface area (Å²) < 4.78 is 6.53. The lowest BCUT2D eigenvalue weighted by molar-refractivity contribution is -0.384. The first-order valence-corrected chi connectivity index (χ1v) is 7.43. The molecule has 0 spiro atoms. The molecular weight excluding hydrogens is 362 g/mol. The summed E-state index contributed by atoms with van der Waals surface area (Å²) in [5.74, 6) is 0.794. The van der Waals surface area contributed by atoms with Gasteiger partial charge in [-0.25, -0.2) is 0 Å². The fourth-order valence-corrected chi connectivity index (χ4v) is 2.15. The molecule has 0 amide bonds. The number of non-ortho nitro benzene ring substituents is 1. The second-order valence-electron chi connectivity index (χ2n) is 4.63. The van der Waals surface area contributed by atoms with Crippen LogP contribution >= 0.6 is 15.9 Å². The Balaban J connectivity index is 1.75. The van der Waals surface area contributed by atoms with Crippen molar-refractivity contribution in [1.82, 2.24) is 10.2 Å². The maximum Gasteiger partial charge on any atom is 0.269 e. The van der Waals surface area contributed by atoms with Crippen LogP contribution in [0.1, 0.15) is 11.5 Å². The number of nitro benzene ring substituents is 1. The Labute approximate surface area is 139 Å². The van der Waals surface area contributed by atoms with Crippen LogP contribution in [0.3, 0.4) is 0 Å². The molecular formula is C16H10BrN3O3. The van der Waals surface area contributed by atoms with Gasteiger partial charge in [0.2, 0.25) is 11.8 Å². The first-order valence-electron chi connectivity index (χ1n) is 6.64. The highest BCUT2D eigenvalue weighted by Crippen LogP contribution is 2.21. The second-order valence-corrected chi connectivity index (χ2v) is 5.55. The van der Waals surface area contributed by atoms with Gasteiger partial charge in [0.1, 0.15) is 0 Å². The summed E-state index contributed by atoms with van der Waals surface area (Å²) in [5, 5.41) is 18.5. The predicted molar refractivity (Wildman–Crippen MR) is 89.5 cm³/mol. The molecule has 0 aliphatic rings. The number of halogens is 1. The second kappa shape index (κ2) is 6.53. The molecule has 0 bridgehead atoms. The molecule has 0 atom stereocenters. The van der Waals surface area contributed by atoms with Gasteiger partial charge in [-0.15, -0.1) is 10.2 Å². The average Bonchev–Trinajstić information content (AvgIpc) is 3.03. The molecule has 0 fully saturated rings. The summed E-state index contributed by atoms with van der Waals surface area (Å²) in [5.41, 5.74) is 1.69. The molecule has 0 unspecified atom stereocenters. The number of aromatic nitrogens is 2. The maximum absolute atomic E-state index is 10.6. The fourth-order valence-electron chi connectivity index (χ4n) is 1.89. The topological polar surface area (TPSA) is 82.1 Å². The normalized spacial score (nSPS) is 11.0. The summed E-state index contributed by atoms with van der Waals surface area (Å²) >= 11 is 3.37. The molecule has 0 saturated carbocycles. The SMILES string of the molecule is O=[N+]([O-])c1ccc(/C=C/c2nnc(-c3ccc(Br)cc3)o2)cc1. The highest BCUT2D eigenvalue weighted by Gasteiger charge is 2.06. The summed E-state index contributed by atoms with van der Waals surface area (Å²) in [6.07, 6.45) is 3.42. The van der Waals surface area contributed by atoms with E-state index in [2.05, 4.69) is 26.1 Å². The number of nitrogens with zero attached hydrogens (tertiary/aromatic N) is 3. The third-order valence-corrected chi connectivity index (χ3v) is 3.58. The van der Waals surface area contributed by atoms with Crippen LogP contribution in [0.25, 0.3) is 23.6 Å². The Kier molecular flexibility index (Phi) is 4.29. The third-order valence-electron chi connectivity index (χ3n) is 3.05. The van der Waals surface area contributed by atoms with Crippen molar-refractivity contribution in [2.24, 2.45) is 0 Å². The molecule has 1 aromatic heterocycles. The first kappa shape index (κ1) is 15.1. The first-order chi connectivity index (χ1) is 11.1. The lowest BCUT2D eigenvalue weighted by atomic mass is 10.2. The molecule has 0 aliphatic carbocycles. The number of rotatable bonds is 4. The molecule has 3 aromatic rings. The quantitative estimate of drug-likeness (QED) is 0.495. The van der Waals surface area contributed by atoms with Crippen molar-refractivity contribution < 1.29 is 9.34 Å². The lowest BCUT2D eigenvalue weighted by Crippen LogP contribution is -1.86. The van der Waals surface area contributed by atoms with E-state index in [0.29, 0.717) is 11.8 Å². The van der Waals surface area contributed by atoms with Gasteiger partial charge in [0.15, 0.2) is 0 Å². The van der Waals surface area contributed by atoms with Crippen molar-refractivity contribution in [2.45, 2.75) is 0 Å². The minimum absolute atomic E-state index is 0.0532. The molecule has 114 valence electrons. The van der Waals surface area contributed by atoms with Crippen LogP contribution < -0.4 is 0 Å². The molecule has 0 aliphatic heterocycles. The molecule has 2 aromatic carbocycles. The van der Waals surface area contributed by atoms with Crippen molar-refractivity contribution >= 4 is 33.8 Å². The maximum atomic E-state index is 10.6. The van der Waals surface area contributed by atoms with Crippen LogP contribution in [0.5, 0.6) is 0 Å². The number of hydrogen-bond donors (Lipinski definition) is 0. The molecule has 0 saturated heterocycles. The van der Waals surface area contributed by atoms with Gasteiger partial charge in [-0.2, -0.15) is 0 Å². The summed E-state index contributed by atoms with van der Waals surface area (Å²) in [4.78, 5) is 10.2. The Morgan fingerprint density at radius 2 is 1.70 bits per heavy atom. The van der Waals surface area contributed by atoms with Gasteiger partial charge in [0.25, 0.3) is 5.69 Å². The number of nitro groups is 1. The Morgan fingerprint density at radius 3 is 2.35 bits per heavy atom. The van der Waals surface area contributed by atoms with Crippen molar-refractivity contribution in [1.29, 1.82) is 0 Å². The van der Waals surface area contributed by atoms with E-state index in [1.54, 1.807) is 24.3 Å². The van der Waals surface area contributed by atoms with Gasteiger partial charge in [-0.1, -0.05) is 15.9 Å². The molecule has 6 nitrogen and oxygen atoms in total. The average molecular weight is 372 g/mol.